The molecule has 136 valence electrons. The molecular weight excluding hydrogens is 340 g/mol. The Balaban J connectivity index is 1.70. The van der Waals surface area contributed by atoms with Gasteiger partial charge in [0.1, 0.15) is 11.5 Å². The van der Waals surface area contributed by atoms with Gasteiger partial charge in [0.25, 0.3) is 0 Å². The molecule has 0 saturated heterocycles. The van der Waals surface area contributed by atoms with Crippen LogP contribution in [0.2, 0.25) is 0 Å². The van der Waals surface area contributed by atoms with Gasteiger partial charge >= 0.3 is 0 Å². The van der Waals surface area contributed by atoms with Crippen LogP contribution in [-0.4, -0.2) is 44.4 Å². The zero-order chi connectivity index (χ0) is 18.8. The van der Waals surface area contributed by atoms with Crippen molar-refractivity contribution in [1.82, 2.24) is 25.1 Å². The van der Waals surface area contributed by atoms with Crippen LogP contribution < -0.4 is 11.5 Å². The summed E-state index contributed by atoms with van der Waals surface area (Å²) in [7, 11) is 1.92. The Morgan fingerprint density at radius 3 is 2.56 bits per heavy atom. The van der Waals surface area contributed by atoms with E-state index in [1.807, 2.05) is 48.3 Å². The molecule has 0 amide bonds. The lowest BCUT2D eigenvalue weighted by Gasteiger charge is -2.26. The van der Waals surface area contributed by atoms with Crippen LogP contribution in [0.3, 0.4) is 0 Å². The van der Waals surface area contributed by atoms with Crippen molar-refractivity contribution < 1.29 is 0 Å². The lowest BCUT2D eigenvalue weighted by Crippen LogP contribution is -2.34. The highest BCUT2D eigenvalue weighted by atomic mass is 15.3. The normalized spacial score (nSPS) is 14.4. The number of hydrogen-bond acceptors (Lipinski definition) is 7. The van der Waals surface area contributed by atoms with E-state index in [1.54, 1.807) is 12.4 Å². The first-order valence-corrected chi connectivity index (χ1v) is 8.57. The van der Waals surface area contributed by atoms with Crippen LogP contribution in [-0.2, 0) is 6.54 Å². The summed E-state index contributed by atoms with van der Waals surface area (Å²) >= 11 is 0. The molecule has 27 heavy (non-hydrogen) atoms. The molecule has 8 nitrogen and oxygen atoms in total. The summed E-state index contributed by atoms with van der Waals surface area (Å²) in [6, 6.07) is 11.7. The highest BCUT2D eigenvalue weighted by molar-refractivity contribution is 6.05. The number of aromatic amines is 1. The minimum Gasteiger partial charge on any atom is -0.383 e. The molecule has 4 rings (SSSR count). The number of nitrogens with zero attached hydrogens (tertiary/aromatic N) is 5. The van der Waals surface area contributed by atoms with Gasteiger partial charge in [0.2, 0.25) is 0 Å². The largest absolute Gasteiger partial charge is 0.383 e. The van der Waals surface area contributed by atoms with Gasteiger partial charge in [-0.15, -0.1) is 10.2 Å². The summed E-state index contributed by atoms with van der Waals surface area (Å²) in [5.41, 5.74) is 16.3. The Labute approximate surface area is 156 Å². The average molecular weight is 360 g/mol. The fourth-order valence-electron chi connectivity index (χ4n) is 2.88. The fourth-order valence-corrected chi connectivity index (χ4v) is 2.88. The van der Waals surface area contributed by atoms with Gasteiger partial charge in [-0.25, -0.2) is 4.99 Å². The first-order valence-electron chi connectivity index (χ1n) is 8.57. The molecule has 1 aromatic carbocycles. The van der Waals surface area contributed by atoms with E-state index >= 15 is 0 Å². The van der Waals surface area contributed by atoms with Gasteiger partial charge in [-0.3, -0.25) is 4.98 Å². The first kappa shape index (κ1) is 16.9. The van der Waals surface area contributed by atoms with E-state index in [0.717, 1.165) is 22.4 Å². The third kappa shape index (κ3) is 3.30. The van der Waals surface area contributed by atoms with Gasteiger partial charge in [0.05, 0.1) is 12.3 Å². The highest BCUT2D eigenvalue weighted by Gasteiger charge is 2.22. The minimum absolute atomic E-state index is 0.503. The third-order valence-corrected chi connectivity index (χ3v) is 4.46. The van der Waals surface area contributed by atoms with E-state index in [4.69, 9.17) is 16.5 Å². The first-order chi connectivity index (χ1) is 13.2. The summed E-state index contributed by atoms with van der Waals surface area (Å²) < 4.78 is 0. The van der Waals surface area contributed by atoms with Crippen LogP contribution in [0.25, 0.3) is 17.1 Å². The third-order valence-electron chi connectivity index (χ3n) is 4.46. The predicted octanol–water partition coefficient (Wildman–Crippen LogP) is 1.34. The lowest BCUT2D eigenvalue weighted by atomic mass is 10.1. The molecule has 2 aromatic heterocycles. The molecule has 5 N–H and O–H groups in total. The second-order valence-corrected chi connectivity index (χ2v) is 6.31. The van der Waals surface area contributed by atoms with Crippen molar-refractivity contribution in [2.75, 3.05) is 13.6 Å². The molecule has 0 aliphatic carbocycles. The van der Waals surface area contributed by atoms with Crippen molar-refractivity contribution in [2.45, 2.75) is 6.54 Å². The van der Waals surface area contributed by atoms with Gasteiger partial charge in [-0.2, -0.15) is 0 Å². The van der Waals surface area contributed by atoms with E-state index in [-0.39, 0.29) is 0 Å². The molecule has 0 radical (unpaired) electrons. The van der Waals surface area contributed by atoms with Crippen molar-refractivity contribution in [3.05, 3.63) is 71.6 Å². The summed E-state index contributed by atoms with van der Waals surface area (Å²) in [6.45, 7) is 1.10. The van der Waals surface area contributed by atoms with Gasteiger partial charge in [-0.1, -0.05) is 30.3 Å². The second-order valence-electron chi connectivity index (χ2n) is 6.31. The van der Waals surface area contributed by atoms with E-state index in [0.29, 0.717) is 36.3 Å². The van der Waals surface area contributed by atoms with Crippen LogP contribution in [0.1, 0.15) is 17.0 Å². The number of aromatic nitrogens is 4. The Morgan fingerprint density at radius 2 is 1.85 bits per heavy atom. The number of H-pyrrole nitrogens is 1. The second kappa shape index (κ2) is 7.00. The summed E-state index contributed by atoms with van der Waals surface area (Å²) in [4.78, 5) is 14.0. The SMILES string of the molecule is CN1CC(c2cccnc2)=NC(c2nnc(-c3ccc(CN)cc3)[nH]2)=C1N. The Bertz CT molecular complexity index is 1000. The van der Waals surface area contributed by atoms with Crippen LogP contribution in [0, 0.1) is 0 Å². The number of hydrogen-bond donors (Lipinski definition) is 3. The molecule has 0 saturated carbocycles. The van der Waals surface area contributed by atoms with Gasteiger partial charge in [0, 0.05) is 37.1 Å². The van der Waals surface area contributed by atoms with Crippen LogP contribution in [0.5, 0.6) is 0 Å². The summed E-state index contributed by atoms with van der Waals surface area (Å²) in [6.07, 6.45) is 3.52. The highest BCUT2D eigenvalue weighted by Crippen LogP contribution is 2.24. The topological polar surface area (TPSA) is 122 Å². The van der Waals surface area contributed by atoms with Crippen molar-refractivity contribution in [1.29, 1.82) is 0 Å². The van der Waals surface area contributed by atoms with E-state index in [9.17, 15) is 0 Å². The van der Waals surface area contributed by atoms with Crippen LogP contribution >= 0.6 is 0 Å². The zero-order valence-corrected chi connectivity index (χ0v) is 14.9. The molecule has 0 atom stereocenters. The van der Waals surface area contributed by atoms with Crippen molar-refractivity contribution in [3.8, 4) is 11.4 Å². The number of likely N-dealkylation sites (N-methyl/N-ethyl adjacent to an activating group) is 1. The van der Waals surface area contributed by atoms with Gasteiger partial charge in [0.15, 0.2) is 11.6 Å². The van der Waals surface area contributed by atoms with Crippen molar-refractivity contribution in [2.24, 2.45) is 16.5 Å². The van der Waals surface area contributed by atoms with Crippen LogP contribution in [0.4, 0.5) is 0 Å². The molecule has 0 spiro atoms. The average Bonchev–Trinajstić information content (AvgIpc) is 3.20. The molecule has 8 heteroatoms. The summed E-state index contributed by atoms with van der Waals surface area (Å²) in [5.74, 6) is 1.72. The van der Waals surface area contributed by atoms with E-state index < -0.39 is 0 Å². The van der Waals surface area contributed by atoms with Crippen LogP contribution in [0.15, 0.2) is 59.6 Å². The number of nitrogens with one attached hydrogen (secondary N) is 1. The van der Waals surface area contributed by atoms with Crippen molar-refractivity contribution in [3.63, 3.8) is 0 Å². The standard InChI is InChI=1S/C19H20N8/c1-27-11-15(14-3-2-8-22-10-14)23-16(17(27)21)19-24-18(25-26-19)13-6-4-12(9-20)5-7-13/h2-8,10H,9,11,20-21H2,1H3,(H,24,25,26). The lowest BCUT2D eigenvalue weighted by molar-refractivity contribution is 0.467. The zero-order valence-electron chi connectivity index (χ0n) is 14.9. The maximum absolute atomic E-state index is 6.26. The molecule has 1 aliphatic rings. The Kier molecular flexibility index (Phi) is 4.39. The molecule has 3 aromatic rings. The predicted molar refractivity (Wildman–Crippen MR) is 104 cm³/mol. The number of pyridine rings is 1. The maximum atomic E-state index is 6.26. The fraction of sp³-hybridized carbons (Fsp3) is 0.158. The quantitative estimate of drug-likeness (QED) is 0.645. The molecule has 1 aliphatic heterocycles. The molecule has 0 fully saturated rings. The number of benzene rings is 1. The Hall–Kier alpha value is -3.52. The number of aliphatic imine (C=N–C) groups is 1. The monoisotopic (exact) mass is 360 g/mol. The minimum atomic E-state index is 0.503. The molecule has 0 unspecified atom stereocenters. The van der Waals surface area contributed by atoms with E-state index in [2.05, 4.69) is 20.2 Å². The van der Waals surface area contributed by atoms with Gasteiger partial charge < -0.3 is 21.4 Å². The molecular formula is C19H20N8. The van der Waals surface area contributed by atoms with Crippen molar-refractivity contribution >= 4 is 11.4 Å². The maximum Gasteiger partial charge on any atom is 0.184 e. The Morgan fingerprint density at radius 1 is 1.07 bits per heavy atom. The molecule has 0 bridgehead atoms. The number of nitrogens with two attached hydrogens (primary N) is 2. The smallest absolute Gasteiger partial charge is 0.184 e. The number of rotatable bonds is 4. The van der Waals surface area contributed by atoms with E-state index in [1.165, 1.54) is 0 Å². The molecule has 3 heterocycles. The van der Waals surface area contributed by atoms with Gasteiger partial charge in [-0.05, 0) is 11.6 Å². The summed E-state index contributed by atoms with van der Waals surface area (Å²) in [5, 5.41) is 8.50.